The molecule has 0 radical (unpaired) electrons. The second kappa shape index (κ2) is 4.55. The van der Waals surface area contributed by atoms with Gasteiger partial charge in [0.15, 0.2) is 0 Å². The average molecular weight is 218 g/mol. The summed E-state index contributed by atoms with van der Waals surface area (Å²) in [5.41, 5.74) is 9.62. The highest BCUT2D eigenvalue weighted by molar-refractivity contribution is 7.07. The van der Waals surface area contributed by atoms with Crippen LogP contribution in [0.5, 0.6) is 0 Å². The van der Waals surface area contributed by atoms with Crippen LogP contribution in [0.3, 0.4) is 0 Å². The molecule has 0 aromatic carbocycles. The van der Waals surface area contributed by atoms with Crippen molar-refractivity contribution in [1.82, 2.24) is 4.98 Å². The molecule has 3 heteroatoms. The molecule has 0 aliphatic heterocycles. The van der Waals surface area contributed by atoms with E-state index in [4.69, 9.17) is 5.73 Å². The molecule has 0 fully saturated rings. The maximum atomic E-state index is 6.15. The molecule has 0 aliphatic carbocycles. The van der Waals surface area contributed by atoms with Crippen LogP contribution in [-0.2, 0) is 6.42 Å². The van der Waals surface area contributed by atoms with Gasteiger partial charge in [-0.05, 0) is 47.4 Å². The normalized spacial score (nSPS) is 12.7. The molecule has 0 bridgehead atoms. The van der Waals surface area contributed by atoms with Gasteiger partial charge in [0.25, 0.3) is 0 Å². The lowest BCUT2D eigenvalue weighted by Crippen LogP contribution is -2.14. The summed E-state index contributed by atoms with van der Waals surface area (Å²) in [5.74, 6) is 0. The largest absolute Gasteiger partial charge is 0.324 e. The van der Waals surface area contributed by atoms with E-state index in [2.05, 4.69) is 27.9 Å². The molecule has 2 nitrogen and oxygen atoms in total. The van der Waals surface area contributed by atoms with Crippen LogP contribution in [0.25, 0.3) is 0 Å². The Balaban J connectivity index is 2.15. The van der Waals surface area contributed by atoms with Gasteiger partial charge in [0.05, 0.1) is 0 Å². The van der Waals surface area contributed by atoms with Crippen molar-refractivity contribution in [3.05, 3.63) is 52.0 Å². The van der Waals surface area contributed by atoms with E-state index in [1.165, 1.54) is 5.56 Å². The van der Waals surface area contributed by atoms with Gasteiger partial charge in [-0.3, -0.25) is 4.98 Å². The fraction of sp³-hybridized carbons (Fsp3) is 0.250. The van der Waals surface area contributed by atoms with E-state index in [-0.39, 0.29) is 6.04 Å². The minimum absolute atomic E-state index is 0.0494. The first-order valence-electron chi connectivity index (χ1n) is 4.95. The van der Waals surface area contributed by atoms with Crippen molar-refractivity contribution in [2.75, 3.05) is 0 Å². The first-order valence-corrected chi connectivity index (χ1v) is 5.90. The quantitative estimate of drug-likeness (QED) is 0.860. The molecule has 2 rings (SSSR count). The molecule has 0 amide bonds. The molecule has 1 atom stereocenters. The summed E-state index contributed by atoms with van der Waals surface area (Å²) in [6.07, 6.45) is 2.69. The van der Waals surface area contributed by atoms with Gasteiger partial charge in [0.2, 0.25) is 0 Å². The molecule has 15 heavy (non-hydrogen) atoms. The van der Waals surface area contributed by atoms with E-state index in [0.717, 1.165) is 17.7 Å². The summed E-state index contributed by atoms with van der Waals surface area (Å²) in [6, 6.07) is 6.17. The Hall–Kier alpha value is -1.19. The lowest BCUT2D eigenvalue weighted by Gasteiger charge is -2.12. The predicted octanol–water partition coefficient (Wildman–Crippen LogP) is 2.69. The molecule has 0 saturated heterocycles. The number of aryl methyl sites for hydroxylation is 1. The lowest BCUT2D eigenvalue weighted by molar-refractivity contribution is 0.712. The third kappa shape index (κ3) is 2.43. The highest BCUT2D eigenvalue weighted by Crippen LogP contribution is 2.19. The smallest absolute Gasteiger partial charge is 0.0420 e. The van der Waals surface area contributed by atoms with Crippen molar-refractivity contribution < 1.29 is 0 Å². The summed E-state index contributed by atoms with van der Waals surface area (Å²) in [7, 11) is 0. The molecule has 0 saturated carbocycles. The number of rotatable bonds is 3. The lowest BCUT2D eigenvalue weighted by atomic mass is 10.0. The number of nitrogens with two attached hydrogens (primary N) is 1. The van der Waals surface area contributed by atoms with Crippen molar-refractivity contribution in [2.24, 2.45) is 5.73 Å². The Bertz CT molecular complexity index is 423. The van der Waals surface area contributed by atoms with Crippen molar-refractivity contribution in [1.29, 1.82) is 0 Å². The van der Waals surface area contributed by atoms with E-state index in [0.29, 0.717) is 0 Å². The molecule has 2 aromatic heterocycles. The standard InChI is InChI=1S/C12H14N2S/c1-9-11(3-2-5-14-9)12(13)7-10-4-6-15-8-10/h2-6,8,12H,7,13H2,1H3. The molecule has 2 heterocycles. The molecular weight excluding hydrogens is 204 g/mol. The van der Waals surface area contributed by atoms with E-state index in [1.54, 1.807) is 17.5 Å². The van der Waals surface area contributed by atoms with E-state index < -0.39 is 0 Å². The van der Waals surface area contributed by atoms with E-state index >= 15 is 0 Å². The van der Waals surface area contributed by atoms with Crippen molar-refractivity contribution in [3.8, 4) is 0 Å². The minimum atomic E-state index is 0.0494. The van der Waals surface area contributed by atoms with Crippen LogP contribution in [0.15, 0.2) is 35.2 Å². The Labute approximate surface area is 93.8 Å². The highest BCUT2D eigenvalue weighted by atomic mass is 32.1. The van der Waals surface area contributed by atoms with Gasteiger partial charge in [-0.25, -0.2) is 0 Å². The number of nitrogens with zero attached hydrogens (tertiary/aromatic N) is 1. The van der Waals surface area contributed by atoms with Crippen LogP contribution >= 0.6 is 11.3 Å². The number of hydrogen-bond acceptors (Lipinski definition) is 3. The number of hydrogen-bond donors (Lipinski definition) is 1. The molecule has 0 spiro atoms. The summed E-state index contributed by atoms with van der Waals surface area (Å²) < 4.78 is 0. The third-order valence-corrected chi connectivity index (χ3v) is 3.22. The number of thiophene rings is 1. The topological polar surface area (TPSA) is 38.9 Å². The maximum Gasteiger partial charge on any atom is 0.0420 e. The van der Waals surface area contributed by atoms with Crippen LogP contribution in [0.4, 0.5) is 0 Å². The fourth-order valence-corrected chi connectivity index (χ4v) is 2.34. The van der Waals surface area contributed by atoms with Crippen LogP contribution < -0.4 is 5.73 Å². The molecule has 0 aliphatic rings. The van der Waals surface area contributed by atoms with E-state index in [1.807, 2.05) is 13.0 Å². The van der Waals surface area contributed by atoms with Crippen molar-refractivity contribution >= 4 is 11.3 Å². The summed E-state index contributed by atoms with van der Waals surface area (Å²) in [4.78, 5) is 4.25. The van der Waals surface area contributed by atoms with Crippen LogP contribution in [0.1, 0.15) is 22.9 Å². The van der Waals surface area contributed by atoms with Crippen LogP contribution in [0, 0.1) is 6.92 Å². The summed E-state index contributed by atoms with van der Waals surface area (Å²) in [5, 5.41) is 4.23. The Morgan fingerprint density at radius 3 is 3.00 bits per heavy atom. The average Bonchev–Trinajstić information content (AvgIpc) is 2.71. The molecule has 2 aromatic rings. The second-order valence-electron chi connectivity index (χ2n) is 3.62. The molecule has 78 valence electrons. The Kier molecular flexibility index (Phi) is 3.14. The zero-order valence-electron chi connectivity index (χ0n) is 8.68. The molecular formula is C12H14N2S. The molecule has 2 N–H and O–H groups in total. The van der Waals surface area contributed by atoms with Gasteiger partial charge < -0.3 is 5.73 Å². The second-order valence-corrected chi connectivity index (χ2v) is 4.40. The highest BCUT2D eigenvalue weighted by Gasteiger charge is 2.09. The first kappa shape index (κ1) is 10.3. The SMILES string of the molecule is Cc1ncccc1C(N)Cc1ccsc1. The maximum absolute atomic E-state index is 6.15. The van der Waals surface area contributed by atoms with Gasteiger partial charge in [0, 0.05) is 17.9 Å². The number of pyridine rings is 1. The van der Waals surface area contributed by atoms with E-state index in [9.17, 15) is 0 Å². The molecule has 1 unspecified atom stereocenters. The van der Waals surface area contributed by atoms with Gasteiger partial charge >= 0.3 is 0 Å². The number of aromatic nitrogens is 1. The fourth-order valence-electron chi connectivity index (χ4n) is 1.66. The zero-order valence-corrected chi connectivity index (χ0v) is 9.50. The summed E-state index contributed by atoms with van der Waals surface area (Å²) >= 11 is 1.71. The van der Waals surface area contributed by atoms with Crippen molar-refractivity contribution in [3.63, 3.8) is 0 Å². The zero-order chi connectivity index (χ0) is 10.7. The van der Waals surface area contributed by atoms with Gasteiger partial charge in [-0.2, -0.15) is 11.3 Å². The minimum Gasteiger partial charge on any atom is -0.324 e. The van der Waals surface area contributed by atoms with Gasteiger partial charge in [-0.15, -0.1) is 0 Å². The van der Waals surface area contributed by atoms with Crippen LogP contribution in [0.2, 0.25) is 0 Å². The summed E-state index contributed by atoms with van der Waals surface area (Å²) in [6.45, 7) is 2.00. The van der Waals surface area contributed by atoms with Gasteiger partial charge in [-0.1, -0.05) is 6.07 Å². The monoisotopic (exact) mass is 218 g/mol. The first-order chi connectivity index (χ1) is 7.27. The van der Waals surface area contributed by atoms with Crippen molar-refractivity contribution in [2.45, 2.75) is 19.4 Å². The Morgan fingerprint density at radius 1 is 1.47 bits per heavy atom. The predicted molar refractivity (Wildman–Crippen MR) is 63.9 cm³/mol. The third-order valence-electron chi connectivity index (χ3n) is 2.48. The Morgan fingerprint density at radius 2 is 2.33 bits per heavy atom. The van der Waals surface area contributed by atoms with Gasteiger partial charge in [0.1, 0.15) is 0 Å². The van der Waals surface area contributed by atoms with Crippen LogP contribution in [-0.4, -0.2) is 4.98 Å².